The zero-order valence-corrected chi connectivity index (χ0v) is 14.2. The number of piperidine rings is 1. The summed E-state index contributed by atoms with van der Waals surface area (Å²) in [6.45, 7) is 2.51. The molecule has 1 aliphatic heterocycles. The molecular formula is C16H16F3N3O2S. The van der Waals surface area contributed by atoms with Gasteiger partial charge in [0.25, 0.3) is 0 Å². The minimum atomic E-state index is -4.57. The fourth-order valence-corrected chi connectivity index (χ4v) is 3.57. The van der Waals surface area contributed by atoms with E-state index in [1.54, 1.807) is 11.0 Å². The highest BCUT2D eigenvalue weighted by Gasteiger charge is 2.35. The van der Waals surface area contributed by atoms with Crippen molar-refractivity contribution in [2.24, 2.45) is 5.92 Å². The van der Waals surface area contributed by atoms with Crippen molar-refractivity contribution >= 4 is 23.3 Å². The molecule has 0 unspecified atom stereocenters. The molecule has 0 aromatic carbocycles. The predicted molar refractivity (Wildman–Crippen MR) is 87.7 cm³/mol. The molecule has 3 heterocycles. The Labute approximate surface area is 146 Å². The van der Waals surface area contributed by atoms with Gasteiger partial charge in [0.2, 0.25) is 5.95 Å². The smallest absolute Gasteiger partial charge is 0.433 e. The van der Waals surface area contributed by atoms with E-state index in [0.29, 0.717) is 30.8 Å². The van der Waals surface area contributed by atoms with Crippen molar-refractivity contribution < 1.29 is 23.1 Å². The molecule has 25 heavy (non-hydrogen) atoms. The zero-order valence-electron chi connectivity index (χ0n) is 13.4. The Balaban J connectivity index is 1.95. The Morgan fingerprint density at radius 3 is 2.48 bits per heavy atom. The van der Waals surface area contributed by atoms with Crippen molar-refractivity contribution in [2.75, 3.05) is 18.0 Å². The van der Waals surface area contributed by atoms with E-state index in [9.17, 15) is 18.0 Å². The Morgan fingerprint density at radius 1 is 1.28 bits per heavy atom. The lowest BCUT2D eigenvalue weighted by molar-refractivity contribution is -0.142. The largest absolute Gasteiger partial charge is 0.481 e. The number of aryl methyl sites for hydroxylation is 1. The molecule has 1 fully saturated rings. The van der Waals surface area contributed by atoms with E-state index in [4.69, 9.17) is 5.11 Å². The number of halogens is 3. The van der Waals surface area contributed by atoms with Crippen LogP contribution in [0.25, 0.3) is 10.6 Å². The summed E-state index contributed by atoms with van der Waals surface area (Å²) in [5.41, 5.74) is -0.755. The van der Waals surface area contributed by atoms with Crippen LogP contribution in [0.15, 0.2) is 18.2 Å². The van der Waals surface area contributed by atoms with Gasteiger partial charge in [0, 0.05) is 18.0 Å². The Kier molecular flexibility index (Phi) is 4.68. The number of thiophene rings is 1. The first-order chi connectivity index (χ1) is 11.7. The Bertz CT molecular complexity index is 783. The lowest BCUT2D eigenvalue weighted by Gasteiger charge is -2.30. The maximum absolute atomic E-state index is 13.2. The van der Waals surface area contributed by atoms with Gasteiger partial charge in [-0.15, -0.1) is 11.3 Å². The van der Waals surface area contributed by atoms with Crippen LogP contribution in [0.3, 0.4) is 0 Å². The summed E-state index contributed by atoms with van der Waals surface area (Å²) in [5.74, 6) is -1.35. The van der Waals surface area contributed by atoms with Crippen LogP contribution in [-0.2, 0) is 11.0 Å². The first-order valence-corrected chi connectivity index (χ1v) is 8.56. The highest BCUT2D eigenvalue weighted by molar-refractivity contribution is 7.15. The van der Waals surface area contributed by atoms with Gasteiger partial charge in [-0.05, 0) is 38.0 Å². The molecule has 0 bridgehead atoms. The molecule has 1 saturated heterocycles. The second-order valence-electron chi connectivity index (χ2n) is 5.95. The first kappa shape index (κ1) is 17.7. The van der Waals surface area contributed by atoms with Crippen molar-refractivity contribution in [1.29, 1.82) is 0 Å². The number of hydrogen-bond acceptors (Lipinski definition) is 5. The first-order valence-electron chi connectivity index (χ1n) is 7.75. The van der Waals surface area contributed by atoms with Crippen LogP contribution in [0.1, 0.15) is 23.4 Å². The fourth-order valence-electron chi connectivity index (χ4n) is 2.75. The third kappa shape index (κ3) is 3.92. The summed E-state index contributed by atoms with van der Waals surface area (Å²) < 4.78 is 39.7. The van der Waals surface area contributed by atoms with Crippen LogP contribution in [0.4, 0.5) is 19.1 Å². The molecule has 5 nitrogen and oxygen atoms in total. The van der Waals surface area contributed by atoms with Gasteiger partial charge in [0.15, 0.2) is 5.69 Å². The van der Waals surface area contributed by atoms with E-state index in [0.717, 1.165) is 10.9 Å². The molecule has 2 aromatic rings. The maximum atomic E-state index is 13.2. The van der Waals surface area contributed by atoms with Crippen molar-refractivity contribution in [2.45, 2.75) is 25.9 Å². The highest BCUT2D eigenvalue weighted by atomic mass is 32.1. The van der Waals surface area contributed by atoms with Crippen LogP contribution in [0.2, 0.25) is 0 Å². The molecule has 2 aromatic heterocycles. The van der Waals surface area contributed by atoms with Gasteiger partial charge >= 0.3 is 12.1 Å². The van der Waals surface area contributed by atoms with Gasteiger partial charge in [-0.25, -0.2) is 9.97 Å². The normalized spacial score (nSPS) is 16.2. The number of rotatable bonds is 3. The molecule has 0 saturated carbocycles. The van der Waals surface area contributed by atoms with Crippen LogP contribution >= 0.6 is 11.3 Å². The van der Waals surface area contributed by atoms with Gasteiger partial charge in [-0.3, -0.25) is 4.79 Å². The lowest BCUT2D eigenvalue weighted by Crippen LogP contribution is -2.37. The van der Waals surface area contributed by atoms with Crippen molar-refractivity contribution in [3.8, 4) is 10.6 Å². The number of anilines is 1. The van der Waals surface area contributed by atoms with E-state index < -0.39 is 23.8 Å². The summed E-state index contributed by atoms with van der Waals surface area (Å²) in [4.78, 5) is 22.3. The minimum Gasteiger partial charge on any atom is -0.481 e. The number of hydrogen-bond donors (Lipinski definition) is 1. The number of aromatic nitrogens is 2. The summed E-state index contributed by atoms with van der Waals surface area (Å²) in [6, 6.07) is 4.52. The van der Waals surface area contributed by atoms with Crippen LogP contribution < -0.4 is 4.90 Å². The van der Waals surface area contributed by atoms with Gasteiger partial charge < -0.3 is 10.0 Å². The van der Waals surface area contributed by atoms with Crippen LogP contribution in [0.5, 0.6) is 0 Å². The second-order valence-corrected chi connectivity index (χ2v) is 7.23. The monoisotopic (exact) mass is 371 g/mol. The van der Waals surface area contributed by atoms with E-state index in [1.807, 2.05) is 13.0 Å². The van der Waals surface area contributed by atoms with Crippen molar-refractivity contribution in [3.63, 3.8) is 0 Å². The maximum Gasteiger partial charge on any atom is 0.433 e. The zero-order chi connectivity index (χ0) is 18.2. The molecule has 0 aliphatic carbocycles. The molecule has 0 atom stereocenters. The van der Waals surface area contributed by atoms with Gasteiger partial charge in [0.05, 0.1) is 16.5 Å². The molecule has 134 valence electrons. The fraction of sp³-hybridized carbons (Fsp3) is 0.438. The molecule has 0 amide bonds. The molecule has 1 N–H and O–H groups in total. The third-order valence-corrected chi connectivity index (χ3v) is 5.15. The average Bonchev–Trinajstić information content (AvgIpc) is 3.00. The number of carboxylic acids is 1. The number of nitrogens with zero attached hydrogens (tertiary/aromatic N) is 3. The number of alkyl halides is 3. The number of carboxylic acid groups (broad SMARTS) is 1. The molecule has 0 radical (unpaired) electrons. The summed E-state index contributed by atoms with van der Waals surface area (Å²) in [7, 11) is 0. The number of carbonyl (C=O) groups is 1. The van der Waals surface area contributed by atoms with Gasteiger partial charge in [0.1, 0.15) is 0 Å². The average molecular weight is 371 g/mol. The summed E-state index contributed by atoms with van der Waals surface area (Å²) >= 11 is 1.37. The Hall–Kier alpha value is -2.16. The van der Waals surface area contributed by atoms with Crippen LogP contribution in [-0.4, -0.2) is 34.1 Å². The van der Waals surface area contributed by atoms with E-state index in [1.165, 1.54) is 11.3 Å². The van der Waals surface area contributed by atoms with Crippen LogP contribution in [0, 0.1) is 12.8 Å². The molecule has 0 spiro atoms. The van der Waals surface area contributed by atoms with E-state index in [-0.39, 0.29) is 11.6 Å². The standard InChI is InChI=1S/C16H16F3N3O2S/c1-9-2-3-12(25-9)11-8-13(16(17,18)19)21-15(20-11)22-6-4-10(5-7-22)14(23)24/h2-3,8,10H,4-7H2,1H3,(H,23,24). The molecule has 9 heteroatoms. The molecule has 1 aliphatic rings. The number of aliphatic carboxylic acids is 1. The molecular weight excluding hydrogens is 355 g/mol. The van der Waals surface area contributed by atoms with E-state index >= 15 is 0 Å². The second kappa shape index (κ2) is 6.62. The van der Waals surface area contributed by atoms with Crippen molar-refractivity contribution in [3.05, 3.63) is 28.8 Å². The van der Waals surface area contributed by atoms with E-state index in [2.05, 4.69) is 9.97 Å². The quantitative estimate of drug-likeness (QED) is 0.888. The van der Waals surface area contributed by atoms with Gasteiger partial charge in [-0.1, -0.05) is 0 Å². The lowest BCUT2D eigenvalue weighted by atomic mass is 9.97. The topological polar surface area (TPSA) is 66.3 Å². The van der Waals surface area contributed by atoms with Gasteiger partial charge in [-0.2, -0.15) is 13.2 Å². The summed E-state index contributed by atoms with van der Waals surface area (Å²) in [6.07, 6.45) is -3.84. The Morgan fingerprint density at radius 2 is 1.96 bits per heavy atom. The summed E-state index contributed by atoms with van der Waals surface area (Å²) in [5, 5.41) is 9.04. The minimum absolute atomic E-state index is 0.000262. The molecule has 3 rings (SSSR count). The highest BCUT2D eigenvalue weighted by Crippen LogP contribution is 2.34. The predicted octanol–water partition coefficient (Wildman–Crippen LogP) is 3.83. The SMILES string of the molecule is Cc1ccc(-c2cc(C(F)(F)F)nc(N3CCC(C(=O)O)CC3)n2)s1. The third-order valence-electron chi connectivity index (χ3n) is 4.12. The van der Waals surface area contributed by atoms with Crippen molar-refractivity contribution in [1.82, 2.24) is 9.97 Å².